The van der Waals surface area contributed by atoms with Crippen LogP contribution < -0.4 is 5.73 Å². The van der Waals surface area contributed by atoms with Gasteiger partial charge in [-0.2, -0.15) is 11.8 Å². The largest absolute Gasteiger partial charge is 0.321 e. The molecule has 15 heavy (non-hydrogen) atoms. The molecule has 1 aliphatic heterocycles. The minimum Gasteiger partial charge on any atom is -0.321 e. The zero-order valence-corrected chi connectivity index (χ0v) is 9.72. The Labute approximate surface area is 95.4 Å². The Balaban J connectivity index is 1.81. The molecule has 0 radical (unpaired) electrons. The van der Waals surface area contributed by atoms with Gasteiger partial charge in [-0.1, -0.05) is 24.3 Å². The van der Waals surface area contributed by atoms with Gasteiger partial charge in [0.1, 0.15) is 0 Å². The summed E-state index contributed by atoms with van der Waals surface area (Å²) >= 11 is 2.07. The van der Waals surface area contributed by atoms with Crippen LogP contribution in [0.5, 0.6) is 0 Å². The normalized spacial score (nSPS) is 27.9. The van der Waals surface area contributed by atoms with Crippen LogP contribution in [0, 0.1) is 0 Å². The molecule has 1 aromatic carbocycles. The molecule has 1 saturated heterocycles. The lowest BCUT2D eigenvalue weighted by atomic mass is 9.95. The molecule has 1 aliphatic carbocycles. The van der Waals surface area contributed by atoms with Gasteiger partial charge in [-0.25, -0.2) is 0 Å². The lowest BCUT2D eigenvalue weighted by Gasteiger charge is -2.12. The standard InChI is InChI=1S/C13H17NS/c14-13(6-7-13)12-3-1-10(2-4-12)11-5-8-15-9-11/h1-4,11H,5-9,14H2. The van der Waals surface area contributed by atoms with E-state index in [0.29, 0.717) is 0 Å². The summed E-state index contributed by atoms with van der Waals surface area (Å²) in [5.74, 6) is 3.41. The van der Waals surface area contributed by atoms with Gasteiger partial charge in [-0.05, 0) is 42.1 Å². The molecule has 0 amide bonds. The Morgan fingerprint density at radius 1 is 1.20 bits per heavy atom. The van der Waals surface area contributed by atoms with Gasteiger partial charge < -0.3 is 5.73 Å². The minimum absolute atomic E-state index is 0.0307. The summed E-state index contributed by atoms with van der Waals surface area (Å²) in [7, 11) is 0. The van der Waals surface area contributed by atoms with E-state index in [1.165, 1.54) is 29.1 Å². The molecule has 1 unspecified atom stereocenters. The van der Waals surface area contributed by atoms with Crippen LogP contribution in [-0.4, -0.2) is 11.5 Å². The van der Waals surface area contributed by atoms with Crippen molar-refractivity contribution in [3.63, 3.8) is 0 Å². The Kier molecular flexibility index (Phi) is 2.29. The summed E-state index contributed by atoms with van der Waals surface area (Å²) in [6.45, 7) is 0. The van der Waals surface area contributed by atoms with Crippen LogP contribution >= 0.6 is 11.8 Å². The first-order chi connectivity index (χ1) is 7.28. The molecule has 2 N–H and O–H groups in total. The highest BCUT2D eigenvalue weighted by Gasteiger charge is 2.39. The molecule has 1 nitrogen and oxygen atoms in total. The summed E-state index contributed by atoms with van der Waals surface area (Å²) < 4.78 is 0. The highest BCUT2D eigenvalue weighted by Crippen LogP contribution is 2.43. The molecule has 0 bridgehead atoms. The lowest BCUT2D eigenvalue weighted by molar-refractivity contribution is 0.734. The molecule has 2 heteroatoms. The van der Waals surface area contributed by atoms with E-state index in [4.69, 9.17) is 5.73 Å². The fourth-order valence-corrected chi connectivity index (χ4v) is 3.57. The number of thioether (sulfide) groups is 1. The van der Waals surface area contributed by atoms with Gasteiger partial charge in [-0.3, -0.25) is 0 Å². The van der Waals surface area contributed by atoms with E-state index in [-0.39, 0.29) is 5.54 Å². The fourth-order valence-electron chi connectivity index (χ4n) is 2.31. The molecule has 1 atom stereocenters. The lowest BCUT2D eigenvalue weighted by Crippen LogP contribution is -2.18. The van der Waals surface area contributed by atoms with Crippen LogP contribution in [0.1, 0.15) is 36.3 Å². The van der Waals surface area contributed by atoms with Crippen LogP contribution in [0.2, 0.25) is 0 Å². The summed E-state index contributed by atoms with van der Waals surface area (Å²) in [5.41, 5.74) is 9.04. The van der Waals surface area contributed by atoms with Crippen LogP contribution in [0.15, 0.2) is 24.3 Å². The number of nitrogens with two attached hydrogens (primary N) is 1. The summed E-state index contributed by atoms with van der Waals surface area (Å²) in [6, 6.07) is 9.06. The second-order valence-corrected chi connectivity index (χ2v) is 5.99. The Morgan fingerprint density at radius 3 is 2.47 bits per heavy atom. The van der Waals surface area contributed by atoms with Crippen LogP contribution in [0.3, 0.4) is 0 Å². The topological polar surface area (TPSA) is 26.0 Å². The predicted octanol–water partition coefficient (Wildman–Crippen LogP) is 2.85. The number of benzene rings is 1. The number of rotatable bonds is 2. The minimum atomic E-state index is 0.0307. The summed E-state index contributed by atoms with van der Waals surface area (Å²) in [4.78, 5) is 0. The SMILES string of the molecule is NC1(c2ccc(C3CCSC3)cc2)CC1. The fraction of sp³-hybridized carbons (Fsp3) is 0.538. The molecule has 2 fully saturated rings. The van der Waals surface area contributed by atoms with Crippen LogP contribution in [-0.2, 0) is 5.54 Å². The Bertz CT molecular complexity index is 347. The van der Waals surface area contributed by atoms with E-state index in [1.807, 2.05) is 0 Å². The predicted molar refractivity (Wildman–Crippen MR) is 66.2 cm³/mol. The van der Waals surface area contributed by atoms with E-state index in [1.54, 1.807) is 0 Å². The van der Waals surface area contributed by atoms with Gasteiger partial charge in [0, 0.05) is 11.3 Å². The summed E-state index contributed by atoms with van der Waals surface area (Å²) in [5, 5.41) is 0. The van der Waals surface area contributed by atoms with E-state index >= 15 is 0 Å². The van der Waals surface area contributed by atoms with E-state index < -0.39 is 0 Å². The number of hydrogen-bond acceptors (Lipinski definition) is 2. The first kappa shape index (κ1) is 9.73. The molecule has 3 rings (SSSR count). The first-order valence-corrected chi connectivity index (χ1v) is 6.90. The molecular formula is C13H17NS. The maximum atomic E-state index is 6.17. The van der Waals surface area contributed by atoms with Crippen molar-refractivity contribution in [1.82, 2.24) is 0 Å². The van der Waals surface area contributed by atoms with E-state index in [2.05, 4.69) is 36.0 Å². The molecule has 1 saturated carbocycles. The van der Waals surface area contributed by atoms with Crippen molar-refractivity contribution >= 4 is 11.8 Å². The quantitative estimate of drug-likeness (QED) is 0.827. The highest BCUT2D eigenvalue weighted by atomic mass is 32.2. The Hall–Kier alpha value is -0.470. The molecular weight excluding hydrogens is 202 g/mol. The molecule has 2 aliphatic rings. The van der Waals surface area contributed by atoms with Gasteiger partial charge >= 0.3 is 0 Å². The molecule has 1 aromatic rings. The van der Waals surface area contributed by atoms with E-state index in [0.717, 1.165) is 18.8 Å². The van der Waals surface area contributed by atoms with Crippen molar-refractivity contribution < 1.29 is 0 Å². The number of hydrogen-bond donors (Lipinski definition) is 1. The van der Waals surface area contributed by atoms with Crippen molar-refractivity contribution in [3.8, 4) is 0 Å². The van der Waals surface area contributed by atoms with Gasteiger partial charge in [0.25, 0.3) is 0 Å². The van der Waals surface area contributed by atoms with Crippen LogP contribution in [0.4, 0.5) is 0 Å². The van der Waals surface area contributed by atoms with Crippen molar-refractivity contribution in [2.24, 2.45) is 5.73 Å². The zero-order chi connectivity index (χ0) is 10.3. The maximum absolute atomic E-state index is 6.17. The van der Waals surface area contributed by atoms with Crippen molar-refractivity contribution in [2.45, 2.75) is 30.7 Å². The van der Waals surface area contributed by atoms with Crippen molar-refractivity contribution in [1.29, 1.82) is 0 Å². The third-order valence-corrected chi connectivity index (χ3v) is 4.84. The van der Waals surface area contributed by atoms with Gasteiger partial charge in [0.2, 0.25) is 0 Å². The van der Waals surface area contributed by atoms with Gasteiger partial charge in [0.05, 0.1) is 0 Å². The average Bonchev–Trinajstić information content (AvgIpc) is 2.84. The Morgan fingerprint density at radius 2 is 1.93 bits per heavy atom. The van der Waals surface area contributed by atoms with Crippen molar-refractivity contribution in [2.75, 3.05) is 11.5 Å². The third-order valence-electron chi connectivity index (χ3n) is 3.68. The van der Waals surface area contributed by atoms with Crippen LogP contribution in [0.25, 0.3) is 0 Å². The van der Waals surface area contributed by atoms with Crippen molar-refractivity contribution in [3.05, 3.63) is 35.4 Å². The molecule has 0 aromatic heterocycles. The second-order valence-electron chi connectivity index (χ2n) is 4.84. The van der Waals surface area contributed by atoms with E-state index in [9.17, 15) is 0 Å². The highest BCUT2D eigenvalue weighted by molar-refractivity contribution is 7.99. The molecule has 1 heterocycles. The summed E-state index contributed by atoms with van der Waals surface area (Å²) in [6.07, 6.45) is 3.66. The smallest absolute Gasteiger partial charge is 0.0411 e. The maximum Gasteiger partial charge on any atom is 0.0411 e. The average molecular weight is 219 g/mol. The third kappa shape index (κ3) is 1.81. The first-order valence-electron chi connectivity index (χ1n) is 5.75. The van der Waals surface area contributed by atoms with Gasteiger partial charge in [0.15, 0.2) is 0 Å². The monoisotopic (exact) mass is 219 g/mol. The molecule has 80 valence electrons. The second kappa shape index (κ2) is 3.53. The molecule has 0 spiro atoms. The van der Waals surface area contributed by atoms with Gasteiger partial charge in [-0.15, -0.1) is 0 Å². The zero-order valence-electron chi connectivity index (χ0n) is 8.91.